The van der Waals surface area contributed by atoms with Gasteiger partial charge in [-0.25, -0.2) is 4.98 Å². The molecule has 1 saturated carbocycles. The second kappa shape index (κ2) is 6.20. The number of nitrogens with one attached hydrogen (secondary N) is 1. The van der Waals surface area contributed by atoms with Gasteiger partial charge in [0.05, 0.1) is 0 Å². The molecule has 1 heterocycles. The van der Waals surface area contributed by atoms with E-state index in [0.29, 0.717) is 0 Å². The molecule has 1 aromatic carbocycles. The predicted octanol–water partition coefficient (Wildman–Crippen LogP) is 4.41. The van der Waals surface area contributed by atoms with Crippen LogP contribution >= 0.6 is 11.8 Å². The number of nitrogens with zero attached hydrogens (tertiary/aromatic N) is 1. The van der Waals surface area contributed by atoms with Gasteiger partial charge in [0.1, 0.15) is 5.03 Å². The molecule has 1 fully saturated rings. The number of rotatable bonds is 5. The molecule has 0 spiro atoms. The molecule has 3 heteroatoms. The highest BCUT2D eigenvalue weighted by Gasteiger charge is 2.20. The maximum atomic E-state index is 4.66. The monoisotopic (exact) mass is 298 g/mol. The Labute approximate surface area is 131 Å². The SMILES string of the molecule is Cc1ccc(Sc2ncc(CNC3CC3)cc2C)c(C)c1. The lowest BCUT2D eigenvalue weighted by molar-refractivity contribution is 0.684. The van der Waals surface area contributed by atoms with E-state index in [-0.39, 0.29) is 0 Å². The first-order chi connectivity index (χ1) is 10.1. The molecule has 1 N–H and O–H groups in total. The van der Waals surface area contributed by atoms with Gasteiger partial charge in [0.2, 0.25) is 0 Å². The minimum atomic E-state index is 0.745. The normalized spacial score (nSPS) is 14.4. The lowest BCUT2D eigenvalue weighted by Gasteiger charge is -2.10. The number of hydrogen-bond donors (Lipinski definition) is 1. The molecule has 2 aromatic rings. The fourth-order valence-corrected chi connectivity index (χ4v) is 3.28. The third kappa shape index (κ3) is 3.86. The van der Waals surface area contributed by atoms with Gasteiger partial charge in [-0.1, -0.05) is 35.5 Å². The lowest BCUT2D eigenvalue weighted by atomic mass is 10.2. The first kappa shape index (κ1) is 14.6. The van der Waals surface area contributed by atoms with Gasteiger partial charge in [-0.3, -0.25) is 0 Å². The highest BCUT2D eigenvalue weighted by Crippen LogP contribution is 2.31. The molecule has 0 atom stereocenters. The van der Waals surface area contributed by atoms with E-state index in [1.165, 1.54) is 40.0 Å². The first-order valence-electron chi connectivity index (χ1n) is 7.56. The summed E-state index contributed by atoms with van der Waals surface area (Å²) >= 11 is 1.76. The molecule has 1 aliphatic carbocycles. The van der Waals surface area contributed by atoms with Gasteiger partial charge in [-0.05, 0) is 56.4 Å². The summed E-state index contributed by atoms with van der Waals surface area (Å²) in [6.45, 7) is 7.39. The minimum absolute atomic E-state index is 0.745. The Morgan fingerprint density at radius 2 is 1.95 bits per heavy atom. The van der Waals surface area contributed by atoms with E-state index in [9.17, 15) is 0 Å². The number of pyridine rings is 1. The van der Waals surface area contributed by atoms with E-state index in [2.05, 4.69) is 55.3 Å². The van der Waals surface area contributed by atoms with Crippen LogP contribution in [0.1, 0.15) is 35.1 Å². The van der Waals surface area contributed by atoms with E-state index < -0.39 is 0 Å². The molecule has 110 valence electrons. The Morgan fingerprint density at radius 3 is 2.62 bits per heavy atom. The Balaban J connectivity index is 1.72. The van der Waals surface area contributed by atoms with Crippen LogP contribution in [0.2, 0.25) is 0 Å². The van der Waals surface area contributed by atoms with Crippen LogP contribution in [0, 0.1) is 20.8 Å². The quantitative estimate of drug-likeness (QED) is 0.885. The summed E-state index contributed by atoms with van der Waals surface area (Å²) in [5.41, 5.74) is 5.17. The van der Waals surface area contributed by atoms with Crippen molar-refractivity contribution in [2.75, 3.05) is 0 Å². The summed E-state index contributed by atoms with van der Waals surface area (Å²) in [5.74, 6) is 0. The van der Waals surface area contributed by atoms with Crippen LogP contribution in [0.25, 0.3) is 0 Å². The van der Waals surface area contributed by atoms with Gasteiger partial charge in [0.25, 0.3) is 0 Å². The third-order valence-corrected chi connectivity index (χ3v) is 5.09. The van der Waals surface area contributed by atoms with Crippen LogP contribution in [0.5, 0.6) is 0 Å². The van der Waals surface area contributed by atoms with E-state index in [1.807, 2.05) is 6.20 Å². The summed E-state index contributed by atoms with van der Waals surface area (Å²) in [4.78, 5) is 5.95. The number of aryl methyl sites for hydroxylation is 3. The summed E-state index contributed by atoms with van der Waals surface area (Å²) < 4.78 is 0. The van der Waals surface area contributed by atoms with Gasteiger partial charge in [0.15, 0.2) is 0 Å². The third-order valence-electron chi connectivity index (χ3n) is 3.80. The fourth-order valence-electron chi connectivity index (χ4n) is 2.39. The zero-order chi connectivity index (χ0) is 14.8. The predicted molar refractivity (Wildman–Crippen MR) is 88.9 cm³/mol. The van der Waals surface area contributed by atoms with Gasteiger partial charge >= 0.3 is 0 Å². The van der Waals surface area contributed by atoms with Gasteiger partial charge in [-0.15, -0.1) is 0 Å². The summed E-state index contributed by atoms with van der Waals surface area (Å²) in [6, 6.07) is 9.59. The molecule has 0 bridgehead atoms. The van der Waals surface area contributed by atoms with Crippen LogP contribution in [0.15, 0.2) is 40.4 Å². The molecular weight excluding hydrogens is 276 g/mol. The van der Waals surface area contributed by atoms with Crippen molar-refractivity contribution in [2.45, 2.75) is 56.1 Å². The first-order valence-corrected chi connectivity index (χ1v) is 8.37. The molecule has 2 nitrogen and oxygen atoms in total. The maximum Gasteiger partial charge on any atom is 0.104 e. The molecule has 1 aliphatic rings. The van der Waals surface area contributed by atoms with Crippen molar-refractivity contribution in [1.29, 1.82) is 0 Å². The van der Waals surface area contributed by atoms with Crippen molar-refractivity contribution in [2.24, 2.45) is 0 Å². The van der Waals surface area contributed by atoms with Gasteiger partial charge < -0.3 is 5.32 Å². The molecule has 0 saturated heterocycles. The smallest absolute Gasteiger partial charge is 0.104 e. The van der Waals surface area contributed by atoms with Crippen molar-refractivity contribution in [3.63, 3.8) is 0 Å². The molecular formula is C18H22N2S. The van der Waals surface area contributed by atoms with E-state index in [1.54, 1.807) is 11.8 Å². The minimum Gasteiger partial charge on any atom is -0.310 e. The Hall–Kier alpha value is -1.32. The van der Waals surface area contributed by atoms with Gasteiger partial charge in [-0.2, -0.15) is 0 Å². The molecule has 0 radical (unpaired) electrons. The van der Waals surface area contributed by atoms with Crippen LogP contribution in [-0.2, 0) is 6.54 Å². The zero-order valence-electron chi connectivity index (χ0n) is 12.9. The van der Waals surface area contributed by atoms with Crippen molar-refractivity contribution in [3.05, 3.63) is 52.7 Å². The zero-order valence-corrected chi connectivity index (χ0v) is 13.8. The second-order valence-electron chi connectivity index (χ2n) is 5.99. The number of benzene rings is 1. The highest BCUT2D eigenvalue weighted by molar-refractivity contribution is 7.99. The summed E-state index contributed by atoms with van der Waals surface area (Å²) in [7, 11) is 0. The standard InChI is InChI=1S/C18H22N2S/c1-12-4-7-17(13(2)8-12)21-18-14(3)9-15(11-20-18)10-19-16-5-6-16/h4,7-9,11,16,19H,5-6,10H2,1-3H3. The second-order valence-corrected chi connectivity index (χ2v) is 7.02. The van der Waals surface area contributed by atoms with Crippen molar-refractivity contribution in [3.8, 4) is 0 Å². The van der Waals surface area contributed by atoms with Crippen LogP contribution in [-0.4, -0.2) is 11.0 Å². The molecule has 21 heavy (non-hydrogen) atoms. The number of hydrogen-bond acceptors (Lipinski definition) is 3. The van der Waals surface area contributed by atoms with Crippen molar-refractivity contribution in [1.82, 2.24) is 10.3 Å². The highest BCUT2D eigenvalue weighted by atomic mass is 32.2. The molecule has 0 aliphatic heterocycles. The summed E-state index contributed by atoms with van der Waals surface area (Å²) in [5, 5.41) is 4.65. The van der Waals surface area contributed by atoms with Crippen LogP contribution in [0.3, 0.4) is 0 Å². The van der Waals surface area contributed by atoms with E-state index in [4.69, 9.17) is 0 Å². The largest absolute Gasteiger partial charge is 0.310 e. The van der Waals surface area contributed by atoms with E-state index >= 15 is 0 Å². The van der Waals surface area contributed by atoms with Crippen LogP contribution in [0.4, 0.5) is 0 Å². The number of aromatic nitrogens is 1. The van der Waals surface area contributed by atoms with Crippen molar-refractivity contribution >= 4 is 11.8 Å². The van der Waals surface area contributed by atoms with Crippen LogP contribution < -0.4 is 5.32 Å². The Kier molecular flexibility index (Phi) is 4.32. The average Bonchev–Trinajstić information content (AvgIpc) is 3.26. The Bertz CT molecular complexity index is 648. The molecule has 1 aromatic heterocycles. The van der Waals surface area contributed by atoms with Gasteiger partial charge in [0, 0.05) is 23.7 Å². The summed E-state index contributed by atoms with van der Waals surface area (Å²) in [6.07, 6.45) is 4.66. The topological polar surface area (TPSA) is 24.9 Å². The van der Waals surface area contributed by atoms with Crippen molar-refractivity contribution < 1.29 is 0 Å². The van der Waals surface area contributed by atoms with E-state index in [0.717, 1.165) is 17.6 Å². The Morgan fingerprint density at radius 1 is 1.14 bits per heavy atom. The maximum absolute atomic E-state index is 4.66. The lowest BCUT2D eigenvalue weighted by Crippen LogP contribution is -2.15. The molecule has 3 rings (SSSR count). The molecule has 0 unspecified atom stereocenters. The molecule has 0 amide bonds. The fraction of sp³-hybridized carbons (Fsp3) is 0.389. The average molecular weight is 298 g/mol.